The molecule has 92 valence electrons. The number of amides is 1. The maximum atomic E-state index is 11.9. The third-order valence-corrected chi connectivity index (χ3v) is 4.19. The van der Waals surface area contributed by atoms with E-state index in [0.29, 0.717) is 17.9 Å². The Kier molecular flexibility index (Phi) is 3.50. The highest BCUT2D eigenvalue weighted by Gasteiger charge is 2.37. The number of hydrogen-bond donors (Lipinski definition) is 1. The van der Waals surface area contributed by atoms with E-state index in [4.69, 9.17) is 5.73 Å². The SMILES string of the molecule is CCC1CN(C2CCN(C)C2=O)CCC1N. The fourth-order valence-corrected chi connectivity index (χ4v) is 2.94. The summed E-state index contributed by atoms with van der Waals surface area (Å²) in [6, 6.07) is 0.460. The molecule has 2 saturated heterocycles. The quantitative estimate of drug-likeness (QED) is 0.734. The van der Waals surface area contributed by atoms with Gasteiger partial charge in [0.25, 0.3) is 0 Å². The van der Waals surface area contributed by atoms with Gasteiger partial charge in [-0.15, -0.1) is 0 Å². The van der Waals surface area contributed by atoms with Gasteiger partial charge in [-0.3, -0.25) is 9.69 Å². The Bertz CT molecular complexity index is 269. The first-order valence-corrected chi connectivity index (χ1v) is 6.38. The van der Waals surface area contributed by atoms with Crippen LogP contribution in [0.2, 0.25) is 0 Å². The lowest BCUT2D eigenvalue weighted by atomic mass is 9.89. The average Bonchev–Trinajstić information content (AvgIpc) is 2.61. The van der Waals surface area contributed by atoms with E-state index in [-0.39, 0.29) is 6.04 Å². The number of nitrogens with two attached hydrogens (primary N) is 1. The third kappa shape index (κ3) is 2.09. The van der Waals surface area contributed by atoms with Crippen molar-refractivity contribution < 1.29 is 4.79 Å². The van der Waals surface area contributed by atoms with Gasteiger partial charge < -0.3 is 10.6 Å². The number of nitrogens with zero attached hydrogens (tertiary/aromatic N) is 2. The largest absolute Gasteiger partial charge is 0.344 e. The van der Waals surface area contributed by atoms with E-state index in [2.05, 4.69) is 11.8 Å². The van der Waals surface area contributed by atoms with Crippen LogP contribution in [0.3, 0.4) is 0 Å². The van der Waals surface area contributed by atoms with Gasteiger partial charge in [-0.1, -0.05) is 13.3 Å². The Labute approximate surface area is 97.8 Å². The van der Waals surface area contributed by atoms with Crippen molar-refractivity contribution in [2.75, 3.05) is 26.7 Å². The van der Waals surface area contributed by atoms with E-state index in [1.165, 1.54) is 0 Å². The average molecular weight is 225 g/mol. The molecule has 3 unspecified atom stereocenters. The summed E-state index contributed by atoms with van der Waals surface area (Å²) >= 11 is 0. The van der Waals surface area contributed by atoms with Crippen LogP contribution in [0.4, 0.5) is 0 Å². The molecule has 2 heterocycles. The number of hydrogen-bond acceptors (Lipinski definition) is 3. The van der Waals surface area contributed by atoms with E-state index in [0.717, 1.165) is 38.9 Å². The summed E-state index contributed by atoms with van der Waals surface area (Å²) in [6.45, 7) is 5.09. The molecule has 2 aliphatic heterocycles. The molecule has 0 aromatic rings. The molecule has 4 nitrogen and oxygen atoms in total. The summed E-state index contributed by atoms with van der Waals surface area (Å²) in [4.78, 5) is 16.1. The highest BCUT2D eigenvalue weighted by Crippen LogP contribution is 2.24. The molecule has 0 bridgehead atoms. The zero-order valence-electron chi connectivity index (χ0n) is 10.4. The molecule has 0 aromatic heterocycles. The van der Waals surface area contributed by atoms with Crippen LogP contribution in [0.1, 0.15) is 26.2 Å². The first kappa shape index (κ1) is 11.9. The second-order valence-electron chi connectivity index (χ2n) is 5.18. The molecule has 2 N–H and O–H groups in total. The topological polar surface area (TPSA) is 49.6 Å². The molecule has 16 heavy (non-hydrogen) atoms. The molecule has 0 saturated carbocycles. The molecule has 3 atom stereocenters. The minimum atomic E-state index is 0.131. The summed E-state index contributed by atoms with van der Waals surface area (Å²) in [6.07, 6.45) is 3.14. The lowest BCUT2D eigenvalue weighted by molar-refractivity contribution is -0.131. The molecule has 2 rings (SSSR count). The highest BCUT2D eigenvalue weighted by atomic mass is 16.2. The molecule has 0 radical (unpaired) electrons. The standard InChI is InChI=1S/C12H23N3O/c1-3-9-8-15(7-4-10(9)13)11-5-6-14(2)12(11)16/h9-11H,3-8,13H2,1-2H3. The van der Waals surface area contributed by atoms with Crippen LogP contribution in [0.15, 0.2) is 0 Å². The smallest absolute Gasteiger partial charge is 0.239 e. The van der Waals surface area contributed by atoms with Gasteiger partial charge in [0, 0.05) is 32.7 Å². The normalized spacial score (nSPS) is 37.1. The zero-order chi connectivity index (χ0) is 11.7. The number of carbonyl (C=O) groups is 1. The number of likely N-dealkylation sites (tertiary alicyclic amines) is 2. The molecule has 2 aliphatic rings. The monoisotopic (exact) mass is 225 g/mol. The summed E-state index contributed by atoms with van der Waals surface area (Å²) in [5.41, 5.74) is 6.09. The minimum Gasteiger partial charge on any atom is -0.344 e. The van der Waals surface area contributed by atoms with Crippen molar-refractivity contribution in [2.24, 2.45) is 11.7 Å². The van der Waals surface area contributed by atoms with E-state index in [1.807, 2.05) is 11.9 Å². The lowest BCUT2D eigenvalue weighted by Crippen LogP contribution is -2.52. The molecule has 2 fully saturated rings. The maximum absolute atomic E-state index is 11.9. The van der Waals surface area contributed by atoms with E-state index < -0.39 is 0 Å². The van der Waals surface area contributed by atoms with Crippen molar-refractivity contribution in [3.05, 3.63) is 0 Å². The first-order chi connectivity index (χ1) is 7.63. The molecule has 0 aromatic carbocycles. The lowest BCUT2D eigenvalue weighted by Gasteiger charge is -2.38. The van der Waals surface area contributed by atoms with Crippen LogP contribution in [0, 0.1) is 5.92 Å². The molecule has 4 heteroatoms. The Morgan fingerprint density at radius 1 is 1.38 bits per heavy atom. The second kappa shape index (κ2) is 4.72. The molecule has 1 amide bonds. The molecular formula is C12H23N3O. The Morgan fingerprint density at radius 3 is 2.69 bits per heavy atom. The summed E-state index contributed by atoms with van der Waals surface area (Å²) in [7, 11) is 1.90. The van der Waals surface area contributed by atoms with E-state index in [1.54, 1.807) is 0 Å². The van der Waals surface area contributed by atoms with Gasteiger partial charge in [-0.2, -0.15) is 0 Å². The van der Waals surface area contributed by atoms with Crippen LogP contribution in [-0.2, 0) is 4.79 Å². The Balaban J connectivity index is 1.98. The first-order valence-electron chi connectivity index (χ1n) is 6.38. The highest BCUT2D eigenvalue weighted by molar-refractivity contribution is 5.83. The summed E-state index contributed by atoms with van der Waals surface area (Å²) in [5.74, 6) is 0.859. The number of likely N-dealkylation sites (N-methyl/N-ethyl adjacent to an activating group) is 1. The number of piperidine rings is 1. The predicted molar refractivity (Wildman–Crippen MR) is 64.0 cm³/mol. The van der Waals surface area contributed by atoms with Gasteiger partial charge in [0.1, 0.15) is 0 Å². The summed E-state index contributed by atoms with van der Waals surface area (Å²) in [5, 5.41) is 0. The van der Waals surface area contributed by atoms with Gasteiger partial charge in [0.05, 0.1) is 6.04 Å². The van der Waals surface area contributed by atoms with Crippen LogP contribution in [0.25, 0.3) is 0 Å². The molecular weight excluding hydrogens is 202 g/mol. The molecule has 0 spiro atoms. The van der Waals surface area contributed by atoms with Crippen molar-refractivity contribution in [1.29, 1.82) is 0 Å². The van der Waals surface area contributed by atoms with Gasteiger partial charge >= 0.3 is 0 Å². The van der Waals surface area contributed by atoms with E-state index in [9.17, 15) is 4.79 Å². The van der Waals surface area contributed by atoms with Crippen molar-refractivity contribution in [3.63, 3.8) is 0 Å². The fourth-order valence-electron chi connectivity index (χ4n) is 2.94. The van der Waals surface area contributed by atoms with Crippen molar-refractivity contribution in [2.45, 2.75) is 38.3 Å². The van der Waals surface area contributed by atoms with Crippen molar-refractivity contribution in [1.82, 2.24) is 9.80 Å². The Morgan fingerprint density at radius 2 is 2.12 bits per heavy atom. The van der Waals surface area contributed by atoms with Crippen LogP contribution < -0.4 is 5.73 Å². The second-order valence-corrected chi connectivity index (χ2v) is 5.18. The third-order valence-electron chi connectivity index (χ3n) is 4.19. The van der Waals surface area contributed by atoms with Gasteiger partial charge in [-0.05, 0) is 18.8 Å². The van der Waals surface area contributed by atoms with Crippen LogP contribution in [-0.4, -0.2) is 54.5 Å². The van der Waals surface area contributed by atoms with Crippen molar-refractivity contribution >= 4 is 5.91 Å². The summed E-state index contributed by atoms with van der Waals surface area (Å²) < 4.78 is 0. The fraction of sp³-hybridized carbons (Fsp3) is 0.917. The van der Waals surface area contributed by atoms with E-state index >= 15 is 0 Å². The zero-order valence-corrected chi connectivity index (χ0v) is 10.4. The Hall–Kier alpha value is -0.610. The minimum absolute atomic E-state index is 0.131. The maximum Gasteiger partial charge on any atom is 0.239 e. The molecule has 0 aliphatic carbocycles. The van der Waals surface area contributed by atoms with Gasteiger partial charge in [0.15, 0.2) is 0 Å². The predicted octanol–water partition coefficient (Wildman–Crippen LogP) is 0.276. The van der Waals surface area contributed by atoms with Gasteiger partial charge in [-0.25, -0.2) is 0 Å². The van der Waals surface area contributed by atoms with Crippen LogP contribution >= 0.6 is 0 Å². The number of rotatable bonds is 2. The van der Waals surface area contributed by atoms with Crippen molar-refractivity contribution in [3.8, 4) is 0 Å². The van der Waals surface area contributed by atoms with Gasteiger partial charge in [0.2, 0.25) is 5.91 Å². The van der Waals surface area contributed by atoms with Crippen LogP contribution in [0.5, 0.6) is 0 Å². The number of carbonyl (C=O) groups excluding carboxylic acids is 1.